The second-order valence-corrected chi connectivity index (χ2v) is 15.7. The molecule has 0 saturated carbocycles. The molecule has 1 N–H and O–H groups in total. The summed E-state index contributed by atoms with van der Waals surface area (Å²) < 4.78 is 17.2. The molecule has 0 aliphatic heterocycles. The number of ether oxygens (including phenoxy) is 3. The molecule has 0 amide bonds. The number of quaternary nitrogens is 1. The number of rotatable bonds is 38. The molecule has 312 valence electrons. The van der Waals surface area contributed by atoms with Crippen LogP contribution in [0.25, 0.3) is 0 Å². The van der Waals surface area contributed by atoms with Crippen molar-refractivity contribution in [3.05, 3.63) is 48.6 Å². The second-order valence-electron chi connectivity index (χ2n) is 15.7. The maximum Gasteiger partial charge on any atom is 0.362 e. The summed E-state index contributed by atoms with van der Waals surface area (Å²) in [5, 5.41) is 9.61. The van der Waals surface area contributed by atoms with Crippen LogP contribution in [-0.2, 0) is 28.6 Å². The number of aliphatic carboxylic acids is 1. The Morgan fingerprint density at radius 3 is 1.48 bits per heavy atom. The third-order valence-electron chi connectivity index (χ3n) is 9.58. The van der Waals surface area contributed by atoms with Crippen molar-refractivity contribution < 1.29 is 38.2 Å². The minimum atomic E-state index is -0.879. The van der Waals surface area contributed by atoms with E-state index in [4.69, 9.17) is 14.2 Å². The number of esters is 2. The lowest BCUT2D eigenvalue weighted by Crippen LogP contribution is -2.50. The molecule has 54 heavy (non-hydrogen) atoms. The highest BCUT2D eigenvalue weighted by molar-refractivity contribution is 5.72. The van der Waals surface area contributed by atoms with Crippen molar-refractivity contribution in [3.63, 3.8) is 0 Å². The van der Waals surface area contributed by atoms with Gasteiger partial charge in [-0.1, -0.05) is 165 Å². The summed E-state index contributed by atoms with van der Waals surface area (Å²) in [4.78, 5) is 36.9. The summed E-state index contributed by atoms with van der Waals surface area (Å²) in [6.45, 7) is 4.67. The SMILES string of the molecule is CCCCC/C=C/C=C/C=C/C=C/CCCCCCCC(=O)OCC(COCCC(C(=O)O)[N+](C)(C)C)OC(=O)CCCCCCCCCCCCCC. The van der Waals surface area contributed by atoms with Crippen molar-refractivity contribution in [2.75, 3.05) is 41.0 Å². The van der Waals surface area contributed by atoms with Gasteiger partial charge < -0.3 is 23.8 Å². The Balaban J connectivity index is 4.39. The van der Waals surface area contributed by atoms with Gasteiger partial charge in [0.15, 0.2) is 12.1 Å². The Labute approximate surface area is 331 Å². The third-order valence-corrected chi connectivity index (χ3v) is 9.58. The summed E-state index contributed by atoms with van der Waals surface area (Å²) in [5.74, 6) is -1.50. The molecule has 0 heterocycles. The number of carboxylic acids is 1. The van der Waals surface area contributed by atoms with E-state index < -0.39 is 18.1 Å². The Morgan fingerprint density at radius 2 is 0.981 bits per heavy atom. The molecule has 0 radical (unpaired) electrons. The van der Waals surface area contributed by atoms with Gasteiger partial charge in [-0.05, 0) is 38.5 Å². The zero-order chi connectivity index (χ0) is 40.0. The molecule has 0 aromatic rings. The summed E-state index contributed by atoms with van der Waals surface area (Å²) in [7, 11) is 5.51. The molecule has 0 aromatic carbocycles. The van der Waals surface area contributed by atoms with Crippen LogP contribution >= 0.6 is 0 Å². The van der Waals surface area contributed by atoms with Crippen LogP contribution in [-0.4, -0.2) is 80.6 Å². The number of carbonyl (C=O) groups is 3. The van der Waals surface area contributed by atoms with Crippen LogP contribution < -0.4 is 0 Å². The summed E-state index contributed by atoms with van der Waals surface area (Å²) >= 11 is 0. The zero-order valence-electron chi connectivity index (χ0n) is 35.4. The van der Waals surface area contributed by atoms with Gasteiger partial charge in [0.2, 0.25) is 0 Å². The Bertz CT molecular complexity index is 1030. The lowest BCUT2D eigenvalue weighted by molar-refractivity contribution is -0.887. The monoisotopic (exact) mass is 761 g/mol. The molecule has 0 aromatic heterocycles. The number of hydrogen-bond acceptors (Lipinski definition) is 6. The molecule has 2 atom stereocenters. The predicted octanol–water partition coefficient (Wildman–Crippen LogP) is 11.6. The Hall–Kier alpha value is -2.71. The van der Waals surface area contributed by atoms with Gasteiger partial charge in [-0.3, -0.25) is 9.59 Å². The number of nitrogens with zero attached hydrogens (tertiary/aromatic N) is 1. The average molecular weight is 761 g/mol. The van der Waals surface area contributed by atoms with Gasteiger partial charge in [0.1, 0.15) is 6.61 Å². The fourth-order valence-electron chi connectivity index (χ4n) is 6.16. The van der Waals surface area contributed by atoms with Gasteiger partial charge in [0.05, 0.1) is 34.4 Å². The van der Waals surface area contributed by atoms with Gasteiger partial charge in [0.25, 0.3) is 0 Å². The van der Waals surface area contributed by atoms with Crippen LogP contribution in [0.4, 0.5) is 0 Å². The van der Waals surface area contributed by atoms with E-state index in [1.807, 2.05) is 21.1 Å². The molecule has 0 aliphatic carbocycles. The van der Waals surface area contributed by atoms with Gasteiger partial charge >= 0.3 is 17.9 Å². The first-order valence-corrected chi connectivity index (χ1v) is 21.7. The van der Waals surface area contributed by atoms with E-state index in [0.717, 1.165) is 64.2 Å². The molecule has 0 fully saturated rings. The van der Waals surface area contributed by atoms with Gasteiger partial charge in [-0.25, -0.2) is 4.79 Å². The van der Waals surface area contributed by atoms with Crippen molar-refractivity contribution in [3.8, 4) is 0 Å². The summed E-state index contributed by atoms with van der Waals surface area (Å²) in [5.41, 5.74) is 0. The molecular weight excluding hydrogens is 679 g/mol. The van der Waals surface area contributed by atoms with Crippen LogP contribution in [0.1, 0.15) is 174 Å². The van der Waals surface area contributed by atoms with E-state index in [1.165, 1.54) is 77.0 Å². The first-order valence-electron chi connectivity index (χ1n) is 21.7. The van der Waals surface area contributed by atoms with Gasteiger partial charge in [0, 0.05) is 19.3 Å². The van der Waals surface area contributed by atoms with Crippen molar-refractivity contribution in [2.45, 2.75) is 187 Å². The molecule has 8 nitrogen and oxygen atoms in total. The fraction of sp³-hybridized carbons (Fsp3) is 0.761. The smallest absolute Gasteiger partial charge is 0.362 e. The zero-order valence-corrected chi connectivity index (χ0v) is 35.4. The molecular formula is C46H82NO7+. The largest absolute Gasteiger partial charge is 0.477 e. The second kappa shape index (κ2) is 37.2. The molecule has 2 unspecified atom stereocenters. The normalized spacial score (nSPS) is 13.4. The lowest BCUT2D eigenvalue weighted by atomic mass is 10.0. The van der Waals surface area contributed by atoms with Crippen molar-refractivity contribution in [1.29, 1.82) is 0 Å². The van der Waals surface area contributed by atoms with Crippen LogP contribution in [0.5, 0.6) is 0 Å². The van der Waals surface area contributed by atoms with E-state index in [-0.39, 0.29) is 36.2 Å². The standard InChI is InChI=1S/C46H81NO7/c1-6-8-10-12-14-16-18-20-21-22-23-24-25-27-28-30-32-34-36-44(48)53-41-42(40-52-39-38-43(46(50)51)47(3,4)5)54-45(49)37-35-33-31-29-26-19-17-15-13-11-9-7-2/h14,16,18,20-24,42-43H,6-13,15,17,19,25-41H2,1-5H3/p+1/b16-14+,20-18+,22-21+,24-23+. The minimum Gasteiger partial charge on any atom is -0.477 e. The van der Waals surface area contributed by atoms with Crippen LogP contribution in [0, 0.1) is 0 Å². The van der Waals surface area contributed by atoms with E-state index in [2.05, 4.69) is 62.5 Å². The topological polar surface area (TPSA) is 99.1 Å². The van der Waals surface area contributed by atoms with Crippen LogP contribution in [0.2, 0.25) is 0 Å². The highest BCUT2D eigenvalue weighted by atomic mass is 16.6. The quantitative estimate of drug-likeness (QED) is 0.0289. The first kappa shape index (κ1) is 51.3. The lowest BCUT2D eigenvalue weighted by Gasteiger charge is -2.31. The number of allylic oxidation sites excluding steroid dienone is 8. The maximum atomic E-state index is 12.7. The highest BCUT2D eigenvalue weighted by Gasteiger charge is 2.31. The maximum absolute atomic E-state index is 12.7. The predicted molar refractivity (Wildman–Crippen MR) is 224 cm³/mol. The van der Waals surface area contributed by atoms with Crippen molar-refractivity contribution in [2.24, 2.45) is 0 Å². The van der Waals surface area contributed by atoms with E-state index in [0.29, 0.717) is 19.3 Å². The molecule has 0 rings (SSSR count). The minimum absolute atomic E-state index is 0.0540. The van der Waals surface area contributed by atoms with E-state index >= 15 is 0 Å². The summed E-state index contributed by atoms with van der Waals surface area (Å²) in [6, 6.07) is -0.617. The van der Waals surface area contributed by atoms with Gasteiger partial charge in [-0.15, -0.1) is 0 Å². The summed E-state index contributed by atoms with van der Waals surface area (Å²) in [6.07, 6.45) is 42.8. The average Bonchev–Trinajstić information content (AvgIpc) is 3.12. The number of carbonyl (C=O) groups excluding carboxylic acids is 2. The number of hydrogen-bond donors (Lipinski definition) is 1. The Morgan fingerprint density at radius 1 is 0.556 bits per heavy atom. The molecule has 0 aliphatic rings. The molecule has 0 bridgehead atoms. The van der Waals surface area contributed by atoms with Gasteiger partial charge in [-0.2, -0.15) is 0 Å². The highest BCUT2D eigenvalue weighted by Crippen LogP contribution is 2.14. The van der Waals surface area contributed by atoms with E-state index in [1.54, 1.807) is 0 Å². The van der Waals surface area contributed by atoms with Crippen molar-refractivity contribution >= 4 is 17.9 Å². The van der Waals surface area contributed by atoms with Crippen LogP contribution in [0.3, 0.4) is 0 Å². The number of likely N-dealkylation sites (N-methyl/N-ethyl adjacent to an activating group) is 1. The number of carboxylic acid groups (broad SMARTS) is 1. The Kier molecular flexibility index (Phi) is 35.4. The van der Waals surface area contributed by atoms with Crippen molar-refractivity contribution in [1.82, 2.24) is 0 Å². The van der Waals surface area contributed by atoms with Crippen LogP contribution in [0.15, 0.2) is 48.6 Å². The molecule has 8 heteroatoms. The first-order chi connectivity index (χ1) is 26.1. The number of unbranched alkanes of at least 4 members (excludes halogenated alkanes) is 19. The molecule has 0 spiro atoms. The third kappa shape index (κ3) is 35.0. The van der Waals surface area contributed by atoms with E-state index in [9.17, 15) is 19.5 Å². The fourth-order valence-corrected chi connectivity index (χ4v) is 6.16. The molecule has 0 saturated heterocycles.